The molecule has 218 valence electrons. The van der Waals surface area contributed by atoms with Crippen LogP contribution < -0.4 is 24.4 Å². The number of carbonyl (C=O) groups is 2. The van der Waals surface area contributed by atoms with Crippen LogP contribution in [0.1, 0.15) is 28.2 Å². The number of hydrogen-bond donors (Lipinski definition) is 1. The zero-order valence-corrected chi connectivity index (χ0v) is 25.0. The standard InChI is InChI=1S/C30H30ClN5O5S/c1-39-24-14-20(15-25(40-2)28(24)41-3)29(38)32-17-26-33-34-30(36(26)22-11-6-10-21(31)16-22)42-18-27(37)35-13-7-9-19-8-4-5-12-23(19)35/h4-6,8,10-12,14-16H,7,9,13,17-18H2,1-3H3,(H,32,38). The van der Waals surface area contributed by atoms with Crippen LogP contribution in [0, 0.1) is 0 Å². The van der Waals surface area contributed by atoms with E-state index in [1.165, 1.54) is 38.7 Å². The van der Waals surface area contributed by atoms with Crippen molar-refractivity contribution < 1.29 is 23.8 Å². The van der Waals surface area contributed by atoms with E-state index in [0.717, 1.165) is 18.5 Å². The molecule has 2 amide bonds. The first-order valence-electron chi connectivity index (χ1n) is 13.2. The largest absolute Gasteiger partial charge is 0.493 e. The van der Waals surface area contributed by atoms with E-state index in [1.807, 2.05) is 35.2 Å². The third kappa shape index (κ3) is 6.17. The number of halogens is 1. The van der Waals surface area contributed by atoms with E-state index in [-0.39, 0.29) is 24.1 Å². The van der Waals surface area contributed by atoms with Gasteiger partial charge in [-0.3, -0.25) is 14.2 Å². The minimum absolute atomic E-state index is 0.00922. The zero-order valence-electron chi connectivity index (χ0n) is 23.4. The van der Waals surface area contributed by atoms with Gasteiger partial charge in [0.25, 0.3) is 5.91 Å². The first-order chi connectivity index (χ1) is 20.4. The molecule has 0 radical (unpaired) electrons. The normalized spacial score (nSPS) is 12.4. The van der Waals surface area contributed by atoms with Gasteiger partial charge in [0, 0.05) is 22.8 Å². The molecule has 0 unspecified atom stereocenters. The van der Waals surface area contributed by atoms with E-state index in [0.29, 0.717) is 51.0 Å². The summed E-state index contributed by atoms with van der Waals surface area (Å²) in [4.78, 5) is 28.3. The molecule has 42 heavy (non-hydrogen) atoms. The zero-order chi connectivity index (χ0) is 29.6. The van der Waals surface area contributed by atoms with Crippen molar-refractivity contribution in [2.45, 2.75) is 24.5 Å². The Bertz CT molecular complexity index is 1590. The molecule has 0 fully saturated rings. The number of para-hydroxylation sites is 1. The number of amides is 2. The fraction of sp³-hybridized carbons (Fsp3) is 0.267. The molecule has 1 N–H and O–H groups in total. The van der Waals surface area contributed by atoms with Crippen molar-refractivity contribution in [1.29, 1.82) is 0 Å². The lowest BCUT2D eigenvalue weighted by Crippen LogP contribution is -2.36. The highest BCUT2D eigenvalue weighted by atomic mass is 35.5. The number of nitrogens with zero attached hydrogens (tertiary/aromatic N) is 4. The number of benzene rings is 3. The van der Waals surface area contributed by atoms with Gasteiger partial charge in [-0.15, -0.1) is 10.2 Å². The topological polar surface area (TPSA) is 108 Å². The molecule has 5 rings (SSSR count). The molecule has 4 aromatic rings. The van der Waals surface area contributed by atoms with Crippen molar-refractivity contribution >= 4 is 40.9 Å². The summed E-state index contributed by atoms with van der Waals surface area (Å²) in [5.41, 5.74) is 3.17. The number of anilines is 1. The van der Waals surface area contributed by atoms with Gasteiger partial charge in [-0.05, 0) is 54.8 Å². The maximum Gasteiger partial charge on any atom is 0.251 e. The van der Waals surface area contributed by atoms with Gasteiger partial charge in [-0.2, -0.15) is 0 Å². The molecule has 1 aliphatic heterocycles. The third-order valence-corrected chi connectivity index (χ3v) is 7.99. The Labute approximate surface area is 252 Å². The quantitative estimate of drug-likeness (QED) is 0.252. The van der Waals surface area contributed by atoms with E-state index in [4.69, 9.17) is 25.8 Å². The first-order valence-corrected chi connectivity index (χ1v) is 14.6. The smallest absolute Gasteiger partial charge is 0.251 e. The van der Waals surface area contributed by atoms with Crippen LogP contribution in [-0.2, 0) is 17.8 Å². The highest BCUT2D eigenvalue weighted by molar-refractivity contribution is 7.99. The second-order valence-electron chi connectivity index (χ2n) is 9.38. The van der Waals surface area contributed by atoms with Crippen LogP contribution in [0.5, 0.6) is 17.2 Å². The van der Waals surface area contributed by atoms with Gasteiger partial charge in [0.05, 0.1) is 39.3 Å². The van der Waals surface area contributed by atoms with Crippen molar-refractivity contribution in [1.82, 2.24) is 20.1 Å². The lowest BCUT2D eigenvalue weighted by molar-refractivity contribution is -0.116. The predicted molar refractivity (Wildman–Crippen MR) is 161 cm³/mol. The number of aromatic nitrogens is 3. The Morgan fingerprint density at radius 1 is 0.976 bits per heavy atom. The summed E-state index contributed by atoms with van der Waals surface area (Å²) >= 11 is 7.59. The summed E-state index contributed by atoms with van der Waals surface area (Å²) in [5, 5.41) is 12.6. The lowest BCUT2D eigenvalue weighted by Gasteiger charge is -2.29. The molecule has 12 heteroatoms. The predicted octanol–water partition coefficient (Wildman–Crippen LogP) is 4.95. The average Bonchev–Trinajstić information content (AvgIpc) is 3.44. The highest BCUT2D eigenvalue weighted by Gasteiger charge is 2.24. The van der Waals surface area contributed by atoms with Gasteiger partial charge in [0.1, 0.15) is 0 Å². The van der Waals surface area contributed by atoms with Gasteiger partial charge in [0.2, 0.25) is 11.7 Å². The summed E-state index contributed by atoms with van der Waals surface area (Å²) in [7, 11) is 4.47. The van der Waals surface area contributed by atoms with Crippen molar-refractivity contribution in [3.05, 3.63) is 82.6 Å². The molecule has 2 heterocycles. The molecule has 0 spiro atoms. The molecule has 0 atom stereocenters. The van der Waals surface area contributed by atoms with Crippen LogP contribution in [0.15, 0.2) is 65.8 Å². The van der Waals surface area contributed by atoms with Crippen LogP contribution in [0.2, 0.25) is 5.02 Å². The Morgan fingerprint density at radius 2 is 1.74 bits per heavy atom. The van der Waals surface area contributed by atoms with Gasteiger partial charge >= 0.3 is 0 Å². The number of hydrogen-bond acceptors (Lipinski definition) is 8. The second-order valence-corrected chi connectivity index (χ2v) is 10.8. The Hall–Kier alpha value is -4.22. The number of carbonyl (C=O) groups excluding carboxylic acids is 2. The molecule has 1 aliphatic rings. The SMILES string of the molecule is COc1cc(C(=O)NCc2nnc(SCC(=O)N3CCCc4ccccc43)n2-c2cccc(Cl)c2)cc(OC)c1OC. The molecule has 0 aliphatic carbocycles. The van der Waals surface area contributed by atoms with E-state index in [2.05, 4.69) is 21.6 Å². The summed E-state index contributed by atoms with van der Waals surface area (Å²) < 4.78 is 17.9. The molecule has 1 aromatic heterocycles. The summed E-state index contributed by atoms with van der Waals surface area (Å²) in [5.74, 6) is 1.38. The molecule has 0 bridgehead atoms. The minimum atomic E-state index is -0.372. The van der Waals surface area contributed by atoms with Crippen molar-refractivity contribution in [3.8, 4) is 22.9 Å². The molecular formula is C30H30ClN5O5S. The average molecular weight is 608 g/mol. The number of methoxy groups -OCH3 is 3. The highest BCUT2D eigenvalue weighted by Crippen LogP contribution is 2.38. The van der Waals surface area contributed by atoms with Crippen LogP contribution in [0.4, 0.5) is 5.69 Å². The van der Waals surface area contributed by atoms with E-state index in [1.54, 1.807) is 28.8 Å². The number of nitrogens with one attached hydrogen (secondary N) is 1. The number of rotatable bonds is 10. The number of aryl methyl sites for hydroxylation is 1. The maximum absolute atomic E-state index is 13.3. The summed E-state index contributed by atoms with van der Waals surface area (Å²) in [6, 6.07) is 18.4. The fourth-order valence-electron chi connectivity index (χ4n) is 4.85. The summed E-state index contributed by atoms with van der Waals surface area (Å²) in [6.07, 6.45) is 1.88. The maximum atomic E-state index is 13.3. The minimum Gasteiger partial charge on any atom is -0.493 e. The van der Waals surface area contributed by atoms with Crippen molar-refractivity contribution in [2.24, 2.45) is 0 Å². The van der Waals surface area contributed by atoms with Gasteiger partial charge in [-0.1, -0.05) is 47.6 Å². The number of thioether (sulfide) groups is 1. The van der Waals surface area contributed by atoms with Crippen LogP contribution in [0.3, 0.4) is 0 Å². The van der Waals surface area contributed by atoms with Crippen LogP contribution in [-0.4, -0.2) is 60.2 Å². The lowest BCUT2D eigenvalue weighted by atomic mass is 10.0. The number of fused-ring (bicyclic) bond motifs is 1. The first kappa shape index (κ1) is 29.3. The van der Waals surface area contributed by atoms with E-state index < -0.39 is 0 Å². The number of ether oxygens (including phenoxy) is 3. The van der Waals surface area contributed by atoms with Gasteiger partial charge in [0.15, 0.2) is 22.5 Å². The fourth-order valence-corrected chi connectivity index (χ4v) is 5.88. The Kier molecular flexibility index (Phi) is 9.19. The molecular weight excluding hydrogens is 578 g/mol. The third-order valence-electron chi connectivity index (χ3n) is 6.84. The molecule has 10 nitrogen and oxygen atoms in total. The Balaban J connectivity index is 1.36. The Morgan fingerprint density at radius 3 is 2.45 bits per heavy atom. The van der Waals surface area contributed by atoms with Gasteiger partial charge in [-0.25, -0.2) is 0 Å². The van der Waals surface area contributed by atoms with Crippen LogP contribution in [0.25, 0.3) is 5.69 Å². The molecule has 0 saturated carbocycles. The van der Waals surface area contributed by atoms with Crippen molar-refractivity contribution in [2.75, 3.05) is 38.5 Å². The second kappa shape index (κ2) is 13.2. The van der Waals surface area contributed by atoms with E-state index >= 15 is 0 Å². The van der Waals surface area contributed by atoms with E-state index in [9.17, 15) is 9.59 Å². The van der Waals surface area contributed by atoms with Gasteiger partial charge < -0.3 is 24.4 Å². The molecule has 3 aromatic carbocycles. The van der Waals surface area contributed by atoms with Crippen molar-refractivity contribution in [3.63, 3.8) is 0 Å². The van der Waals surface area contributed by atoms with Crippen LogP contribution >= 0.6 is 23.4 Å². The monoisotopic (exact) mass is 607 g/mol. The molecule has 0 saturated heterocycles. The summed E-state index contributed by atoms with van der Waals surface area (Å²) in [6.45, 7) is 0.735.